The zero-order valence-electron chi connectivity index (χ0n) is 11.3. The number of ether oxygens (including phenoxy) is 1. The predicted molar refractivity (Wildman–Crippen MR) is 70.1 cm³/mol. The summed E-state index contributed by atoms with van der Waals surface area (Å²) in [6, 6.07) is 0.677. The van der Waals surface area contributed by atoms with Crippen LogP contribution in [0.1, 0.15) is 25.7 Å². The van der Waals surface area contributed by atoms with E-state index in [1.807, 2.05) is 0 Å². The first kappa shape index (κ1) is 13.3. The van der Waals surface area contributed by atoms with Gasteiger partial charge in [0, 0.05) is 19.2 Å². The number of nitrogens with two attached hydrogens (primary N) is 1. The lowest BCUT2D eigenvalue weighted by Gasteiger charge is -2.49. The average Bonchev–Trinajstić information content (AvgIpc) is 2.39. The molecule has 4 nitrogen and oxygen atoms in total. The van der Waals surface area contributed by atoms with Crippen LogP contribution >= 0.6 is 0 Å². The monoisotopic (exact) mass is 241 g/mol. The van der Waals surface area contributed by atoms with Crippen molar-refractivity contribution in [2.45, 2.75) is 37.3 Å². The average molecular weight is 241 g/mol. The third-order valence-electron chi connectivity index (χ3n) is 4.67. The highest BCUT2D eigenvalue weighted by Gasteiger charge is 2.39. The van der Waals surface area contributed by atoms with E-state index in [0.717, 1.165) is 26.2 Å². The molecule has 0 aliphatic carbocycles. The quantitative estimate of drug-likeness (QED) is 0.782. The van der Waals surface area contributed by atoms with E-state index in [0.29, 0.717) is 6.04 Å². The molecule has 0 aromatic carbocycles. The minimum atomic E-state index is 0.0961. The van der Waals surface area contributed by atoms with E-state index in [1.165, 1.54) is 32.4 Å². The normalized spacial score (nSPS) is 33.2. The van der Waals surface area contributed by atoms with Crippen LogP contribution in [0.15, 0.2) is 0 Å². The molecule has 2 fully saturated rings. The summed E-state index contributed by atoms with van der Waals surface area (Å²) in [6.45, 7) is 4.85. The lowest BCUT2D eigenvalue weighted by molar-refractivity contribution is -0.0591. The number of rotatable bonds is 3. The Kier molecular flexibility index (Phi) is 4.42. The van der Waals surface area contributed by atoms with E-state index in [4.69, 9.17) is 10.5 Å². The number of nitrogens with zero attached hydrogens (tertiary/aromatic N) is 2. The maximum Gasteiger partial charge on any atom is 0.0662 e. The molecule has 1 unspecified atom stereocenters. The summed E-state index contributed by atoms with van der Waals surface area (Å²) < 4.78 is 5.68. The third-order valence-corrected chi connectivity index (χ3v) is 4.67. The fourth-order valence-electron chi connectivity index (χ4n) is 3.19. The van der Waals surface area contributed by atoms with Crippen molar-refractivity contribution in [1.29, 1.82) is 0 Å². The molecular weight excluding hydrogens is 214 g/mol. The van der Waals surface area contributed by atoms with Gasteiger partial charge in [-0.25, -0.2) is 0 Å². The highest BCUT2D eigenvalue weighted by Crippen LogP contribution is 2.29. The molecule has 0 saturated carbocycles. The number of likely N-dealkylation sites (tertiary alicyclic amines) is 1. The lowest BCUT2D eigenvalue weighted by Crippen LogP contribution is -2.61. The van der Waals surface area contributed by atoms with Crippen molar-refractivity contribution in [3.05, 3.63) is 0 Å². The lowest BCUT2D eigenvalue weighted by atomic mass is 9.87. The summed E-state index contributed by atoms with van der Waals surface area (Å²) in [6.07, 6.45) is 4.85. The molecule has 2 rings (SSSR count). The van der Waals surface area contributed by atoms with Gasteiger partial charge in [-0.3, -0.25) is 4.90 Å². The summed E-state index contributed by atoms with van der Waals surface area (Å²) in [7, 11) is 4.45. The topological polar surface area (TPSA) is 41.7 Å². The van der Waals surface area contributed by atoms with Crippen LogP contribution in [0.2, 0.25) is 0 Å². The molecule has 2 aliphatic heterocycles. The molecule has 17 heavy (non-hydrogen) atoms. The fraction of sp³-hybridized carbons (Fsp3) is 1.00. The first-order valence-corrected chi connectivity index (χ1v) is 6.87. The van der Waals surface area contributed by atoms with Crippen LogP contribution in [0.4, 0.5) is 0 Å². The van der Waals surface area contributed by atoms with Crippen LogP contribution in [0.25, 0.3) is 0 Å². The number of piperidine rings is 1. The third kappa shape index (κ3) is 2.81. The first-order valence-electron chi connectivity index (χ1n) is 6.87. The van der Waals surface area contributed by atoms with E-state index >= 15 is 0 Å². The second kappa shape index (κ2) is 5.65. The Morgan fingerprint density at radius 3 is 2.65 bits per heavy atom. The van der Waals surface area contributed by atoms with Gasteiger partial charge in [0.25, 0.3) is 0 Å². The second-order valence-electron chi connectivity index (χ2n) is 5.73. The van der Waals surface area contributed by atoms with Crippen LogP contribution in [-0.4, -0.2) is 68.3 Å². The van der Waals surface area contributed by atoms with E-state index < -0.39 is 0 Å². The van der Waals surface area contributed by atoms with Gasteiger partial charge < -0.3 is 15.4 Å². The summed E-state index contributed by atoms with van der Waals surface area (Å²) in [5.41, 5.74) is 6.14. The largest absolute Gasteiger partial charge is 0.379 e. The zero-order chi connectivity index (χ0) is 12.3. The Morgan fingerprint density at radius 1 is 1.41 bits per heavy atom. The standard InChI is InChI=1S/C13H27N3O/c1-15-7-4-12(5-8-15)16(2)13(10-14)6-3-9-17-11-13/h12H,3-11,14H2,1-2H3. The Morgan fingerprint density at radius 2 is 2.12 bits per heavy atom. The van der Waals surface area contributed by atoms with Crippen molar-refractivity contribution < 1.29 is 4.74 Å². The molecule has 2 saturated heterocycles. The zero-order valence-corrected chi connectivity index (χ0v) is 11.3. The number of likely N-dealkylation sites (N-methyl/N-ethyl adjacent to an activating group) is 1. The van der Waals surface area contributed by atoms with E-state index in [9.17, 15) is 0 Å². The summed E-state index contributed by atoms with van der Waals surface area (Å²) >= 11 is 0. The Bertz CT molecular complexity index is 233. The smallest absolute Gasteiger partial charge is 0.0662 e. The van der Waals surface area contributed by atoms with Crippen molar-refractivity contribution >= 4 is 0 Å². The first-order chi connectivity index (χ1) is 8.18. The predicted octanol–water partition coefficient (Wildman–Crippen LogP) is 0.520. The van der Waals surface area contributed by atoms with E-state index in [1.54, 1.807) is 0 Å². The van der Waals surface area contributed by atoms with Gasteiger partial charge in [0.15, 0.2) is 0 Å². The van der Waals surface area contributed by atoms with Crippen molar-refractivity contribution in [3.63, 3.8) is 0 Å². The van der Waals surface area contributed by atoms with Crippen molar-refractivity contribution in [3.8, 4) is 0 Å². The SMILES string of the molecule is CN1CCC(N(C)C2(CN)CCCOC2)CC1. The molecule has 2 N–H and O–H groups in total. The van der Waals surface area contributed by atoms with Crippen molar-refractivity contribution in [2.75, 3.05) is 46.9 Å². The molecule has 1 atom stereocenters. The molecule has 0 aromatic heterocycles. The number of hydrogen-bond donors (Lipinski definition) is 1. The molecule has 0 aromatic rings. The maximum atomic E-state index is 6.04. The van der Waals surface area contributed by atoms with Crippen molar-refractivity contribution in [1.82, 2.24) is 9.80 Å². The van der Waals surface area contributed by atoms with Gasteiger partial charge >= 0.3 is 0 Å². The Balaban J connectivity index is 1.98. The highest BCUT2D eigenvalue weighted by molar-refractivity contribution is 4.96. The minimum absolute atomic E-state index is 0.0961. The van der Waals surface area contributed by atoms with E-state index in [-0.39, 0.29) is 5.54 Å². The molecule has 0 bridgehead atoms. The highest BCUT2D eigenvalue weighted by atomic mass is 16.5. The second-order valence-corrected chi connectivity index (χ2v) is 5.73. The van der Waals surface area contributed by atoms with Crippen LogP contribution in [0.5, 0.6) is 0 Å². The molecule has 0 radical (unpaired) electrons. The summed E-state index contributed by atoms with van der Waals surface area (Å²) in [5, 5.41) is 0. The number of hydrogen-bond acceptors (Lipinski definition) is 4. The van der Waals surface area contributed by atoms with Gasteiger partial charge in [-0.1, -0.05) is 0 Å². The van der Waals surface area contributed by atoms with Gasteiger partial charge in [-0.15, -0.1) is 0 Å². The summed E-state index contributed by atoms with van der Waals surface area (Å²) in [5.74, 6) is 0. The van der Waals surface area contributed by atoms with Gasteiger partial charge in [0.05, 0.1) is 12.1 Å². The Hall–Kier alpha value is -0.160. The maximum absolute atomic E-state index is 6.04. The van der Waals surface area contributed by atoms with Crippen molar-refractivity contribution in [2.24, 2.45) is 5.73 Å². The van der Waals surface area contributed by atoms with Crippen LogP contribution in [0, 0.1) is 0 Å². The minimum Gasteiger partial charge on any atom is -0.379 e. The molecule has 2 heterocycles. The molecule has 4 heteroatoms. The fourth-order valence-corrected chi connectivity index (χ4v) is 3.19. The van der Waals surface area contributed by atoms with Gasteiger partial charge in [0.2, 0.25) is 0 Å². The molecular formula is C13H27N3O. The summed E-state index contributed by atoms with van der Waals surface area (Å²) in [4.78, 5) is 4.94. The molecule has 100 valence electrons. The van der Waals surface area contributed by atoms with E-state index in [2.05, 4.69) is 23.9 Å². The van der Waals surface area contributed by atoms with Gasteiger partial charge in [-0.2, -0.15) is 0 Å². The molecule has 0 spiro atoms. The van der Waals surface area contributed by atoms with Crippen LogP contribution in [-0.2, 0) is 4.74 Å². The van der Waals surface area contributed by atoms with Gasteiger partial charge in [0.1, 0.15) is 0 Å². The Labute approximate surface area is 105 Å². The van der Waals surface area contributed by atoms with Gasteiger partial charge in [-0.05, 0) is 52.9 Å². The molecule has 2 aliphatic rings. The van der Waals surface area contributed by atoms with Crippen LogP contribution in [0.3, 0.4) is 0 Å². The van der Waals surface area contributed by atoms with Crippen LogP contribution < -0.4 is 5.73 Å². The molecule has 0 amide bonds.